The molecule has 5 nitrogen and oxygen atoms in total. The molecule has 2 aromatic carbocycles. The number of aromatic nitrogens is 3. The van der Waals surface area contributed by atoms with Crippen LogP contribution in [0.1, 0.15) is 5.56 Å². The Morgan fingerprint density at radius 3 is 2.55 bits per heavy atom. The molecule has 0 amide bonds. The highest BCUT2D eigenvalue weighted by molar-refractivity contribution is 7.17. The van der Waals surface area contributed by atoms with E-state index in [4.69, 9.17) is 4.74 Å². The van der Waals surface area contributed by atoms with Crippen LogP contribution in [0.3, 0.4) is 0 Å². The predicted molar refractivity (Wildman–Crippen MR) is 137 cm³/mol. The molecule has 1 N–H and O–H groups in total. The number of anilines is 2. The Morgan fingerprint density at radius 1 is 0.879 bits per heavy atom. The minimum absolute atomic E-state index is 0.728. The lowest BCUT2D eigenvalue weighted by molar-refractivity contribution is 0.489. The van der Waals surface area contributed by atoms with Crippen LogP contribution in [0.15, 0.2) is 83.7 Å². The predicted octanol–water partition coefficient (Wildman–Crippen LogP) is 7.81. The molecule has 0 spiro atoms. The van der Waals surface area contributed by atoms with Gasteiger partial charge in [0.25, 0.3) is 0 Å². The van der Waals surface area contributed by atoms with Gasteiger partial charge in [-0.25, -0.2) is 0 Å². The van der Waals surface area contributed by atoms with Gasteiger partial charge in [-0.05, 0) is 59.6 Å². The molecule has 33 heavy (non-hydrogen) atoms. The van der Waals surface area contributed by atoms with Crippen LogP contribution in [-0.2, 0) is 0 Å². The van der Waals surface area contributed by atoms with Gasteiger partial charge in [0.2, 0.25) is 0 Å². The summed E-state index contributed by atoms with van der Waals surface area (Å²) in [5.74, 6) is 2.30. The molecular weight excluding hydrogens is 448 g/mol. The van der Waals surface area contributed by atoms with Crippen molar-refractivity contribution in [2.24, 2.45) is 0 Å². The first-order valence-corrected chi connectivity index (χ1v) is 12.2. The average Bonchev–Trinajstić information content (AvgIpc) is 3.50. The summed E-state index contributed by atoms with van der Waals surface area (Å²) < 4.78 is 7.15. The van der Waals surface area contributed by atoms with Gasteiger partial charge >= 0.3 is 0 Å². The van der Waals surface area contributed by atoms with Gasteiger partial charge in [0.15, 0.2) is 5.82 Å². The number of hydrogen-bond donors (Lipinski definition) is 1. The van der Waals surface area contributed by atoms with Crippen molar-refractivity contribution >= 4 is 55.2 Å². The number of nitrogens with one attached hydrogen (secondary N) is 1. The molecule has 6 aromatic rings. The smallest absolute Gasteiger partial charge is 0.161 e. The largest absolute Gasteiger partial charge is 0.456 e. The van der Waals surface area contributed by atoms with Crippen molar-refractivity contribution in [3.63, 3.8) is 0 Å². The molecule has 0 aliphatic rings. The Hall–Kier alpha value is -3.81. The fourth-order valence-electron chi connectivity index (χ4n) is 3.73. The zero-order chi connectivity index (χ0) is 22.2. The lowest BCUT2D eigenvalue weighted by atomic mass is 10.1. The summed E-state index contributed by atoms with van der Waals surface area (Å²) in [7, 11) is 0. The fourth-order valence-corrected chi connectivity index (χ4v) is 5.43. The van der Waals surface area contributed by atoms with Crippen LogP contribution >= 0.6 is 22.7 Å². The molecule has 4 aromatic heterocycles. The van der Waals surface area contributed by atoms with Gasteiger partial charge in [-0.2, -0.15) is 0 Å². The highest BCUT2D eigenvalue weighted by Crippen LogP contribution is 2.35. The first-order valence-electron chi connectivity index (χ1n) is 10.4. The average molecular weight is 467 g/mol. The summed E-state index contributed by atoms with van der Waals surface area (Å²) in [5.41, 5.74) is 4.01. The van der Waals surface area contributed by atoms with Crippen molar-refractivity contribution < 1.29 is 4.74 Å². The number of hydrogen-bond acceptors (Lipinski definition) is 7. The van der Waals surface area contributed by atoms with Gasteiger partial charge in [0.05, 0.1) is 15.1 Å². The van der Waals surface area contributed by atoms with E-state index < -0.39 is 0 Å². The second kappa shape index (κ2) is 8.27. The zero-order valence-corrected chi connectivity index (χ0v) is 19.3. The van der Waals surface area contributed by atoms with E-state index in [2.05, 4.69) is 51.0 Å². The number of pyridine rings is 1. The van der Waals surface area contributed by atoms with Crippen molar-refractivity contribution in [1.82, 2.24) is 15.2 Å². The Morgan fingerprint density at radius 2 is 1.73 bits per heavy atom. The maximum absolute atomic E-state index is 6.11. The molecule has 4 heterocycles. The Bertz CT molecular complexity index is 1590. The second-order valence-electron chi connectivity index (χ2n) is 7.63. The van der Waals surface area contributed by atoms with Crippen molar-refractivity contribution in [3.8, 4) is 22.1 Å². The Labute approximate surface area is 198 Å². The van der Waals surface area contributed by atoms with E-state index in [9.17, 15) is 0 Å². The van der Waals surface area contributed by atoms with Crippen molar-refractivity contribution in [3.05, 3.63) is 89.3 Å². The molecule has 7 heteroatoms. The number of benzene rings is 2. The number of fused-ring (bicyclic) bond motifs is 2. The SMILES string of the molecule is Cc1csc(-c2nnc(Nc3ccc(Oc4ccnc5ccsc45)cc3)c3ccccc23)c1. The highest BCUT2D eigenvalue weighted by Gasteiger charge is 2.13. The summed E-state index contributed by atoms with van der Waals surface area (Å²) in [6, 6.07) is 22.1. The number of aryl methyl sites for hydroxylation is 1. The highest BCUT2D eigenvalue weighted by atomic mass is 32.1. The summed E-state index contributed by atoms with van der Waals surface area (Å²) in [6.07, 6.45) is 1.77. The van der Waals surface area contributed by atoms with Crippen molar-refractivity contribution in [2.75, 3.05) is 5.32 Å². The molecule has 0 saturated heterocycles. The molecule has 0 unspecified atom stereocenters. The molecule has 0 bridgehead atoms. The normalized spacial score (nSPS) is 11.2. The summed E-state index contributed by atoms with van der Waals surface area (Å²) >= 11 is 3.32. The van der Waals surface area contributed by atoms with Gasteiger partial charge in [-0.3, -0.25) is 4.98 Å². The van der Waals surface area contributed by atoms with E-state index in [0.29, 0.717) is 0 Å². The number of nitrogens with zero attached hydrogens (tertiary/aromatic N) is 3. The first-order chi connectivity index (χ1) is 16.2. The third-order valence-corrected chi connectivity index (χ3v) is 7.28. The molecular formula is C26H18N4OS2. The third-order valence-electron chi connectivity index (χ3n) is 5.30. The van der Waals surface area contributed by atoms with Crippen LogP contribution < -0.4 is 10.1 Å². The molecule has 0 aliphatic carbocycles. The van der Waals surface area contributed by atoms with Gasteiger partial charge < -0.3 is 10.1 Å². The van der Waals surface area contributed by atoms with Gasteiger partial charge in [0, 0.05) is 28.7 Å². The van der Waals surface area contributed by atoms with Gasteiger partial charge in [-0.15, -0.1) is 32.9 Å². The third kappa shape index (κ3) is 3.82. The Kier molecular flexibility index (Phi) is 4.97. The van der Waals surface area contributed by atoms with E-state index in [1.54, 1.807) is 28.9 Å². The monoisotopic (exact) mass is 466 g/mol. The topological polar surface area (TPSA) is 59.9 Å². The summed E-state index contributed by atoms with van der Waals surface area (Å²) in [4.78, 5) is 5.49. The molecule has 0 fully saturated rings. The van der Waals surface area contributed by atoms with Crippen LogP contribution in [0.5, 0.6) is 11.5 Å². The van der Waals surface area contributed by atoms with E-state index in [1.807, 2.05) is 53.9 Å². The van der Waals surface area contributed by atoms with Crippen molar-refractivity contribution in [1.29, 1.82) is 0 Å². The van der Waals surface area contributed by atoms with Crippen LogP contribution in [0.2, 0.25) is 0 Å². The lowest BCUT2D eigenvalue weighted by Crippen LogP contribution is -1.98. The lowest BCUT2D eigenvalue weighted by Gasteiger charge is -2.11. The molecule has 0 saturated carbocycles. The molecule has 0 aliphatic heterocycles. The summed E-state index contributed by atoms with van der Waals surface area (Å²) in [6.45, 7) is 2.09. The maximum Gasteiger partial charge on any atom is 0.161 e. The summed E-state index contributed by atoms with van der Waals surface area (Å²) in [5, 5.41) is 18.7. The first kappa shape index (κ1) is 19.8. The fraction of sp³-hybridized carbons (Fsp3) is 0.0385. The van der Waals surface area contributed by atoms with Crippen LogP contribution in [0.4, 0.5) is 11.5 Å². The molecule has 160 valence electrons. The second-order valence-corrected chi connectivity index (χ2v) is 9.45. The van der Waals surface area contributed by atoms with E-state index in [1.165, 1.54) is 5.56 Å². The molecule has 0 atom stereocenters. The zero-order valence-electron chi connectivity index (χ0n) is 17.6. The van der Waals surface area contributed by atoms with Crippen LogP contribution in [-0.4, -0.2) is 15.2 Å². The minimum atomic E-state index is 0.728. The van der Waals surface area contributed by atoms with E-state index in [0.717, 1.165) is 54.6 Å². The standard InChI is InChI=1S/C26H18N4OS2/c1-16-14-23(33-15-16)24-19-4-2-3-5-20(19)26(30-29-24)28-17-6-8-18(9-7-17)31-22-10-12-27-21-11-13-32-25(21)22/h2-15H,1H3,(H,28,30). The number of ether oxygens (including phenoxy) is 1. The Balaban J connectivity index is 1.28. The van der Waals surface area contributed by atoms with Crippen LogP contribution in [0, 0.1) is 6.92 Å². The van der Waals surface area contributed by atoms with Gasteiger partial charge in [-0.1, -0.05) is 24.3 Å². The molecule has 6 rings (SSSR count). The van der Waals surface area contributed by atoms with Crippen LogP contribution in [0.25, 0.3) is 31.6 Å². The number of thiophene rings is 2. The maximum atomic E-state index is 6.11. The molecule has 0 radical (unpaired) electrons. The van der Waals surface area contributed by atoms with Crippen molar-refractivity contribution in [2.45, 2.75) is 6.92 Å². The minimum Gasteiger partial charge on any atom is -0.456 e. The number of rotatable bonds is 5. The van der Waals surface area contributed by atoms with E-state index >= 15 is 0 Å². The van der Waals surface area contributed by atoms with E-state index in [-0.39, 0.29) is 0 Å². The van der Waals surface area contributed by atoms with Gasteiger partial charge in [0.1, 0.15) is 17.2 Å². The quantitative estimate of drug-likeness (QED) is 0.281.